The van der Waals surface area contributed by atoms with Crippen molar-refractivity contribution in [3.8, 4) is 5.75 Å². The van der Waals surface area contributed by atoms with Gasteiger partial charge in [0.05, 0.1) is 12.8 Å². The molecule has 0 aliphatic carbocycles. The van der Waals surface area contributed by atoms with Gasteiger partial charge in [-0.05, 0) is 55.7 Å². The van der Waals surface area contributed by atoms with Crippen molar-refractivity contribution in [2.45, 2.75) is 25.7 Å². The SMILES string of the molecule is COc1cc(C)c(C)cc1S(=O)(=O)Nc1ccccc1C. The first-order valence-electron chi connectivity index (χ1n) is 6.59. The van der Waals surface area contributed by atoms with E-state index in [4.69, 9.17) is 4.74 Å². The van der Waals surface area contributed by atoms with Crippen LogP contribution in [0.1, 0.15) is 16.7 Å². The van der Waals surface area contributed by atoms with Crippen molar-refractivity contribution in [1.82, 2.24) is 0 Å². The molecule has 0 spiro atoms. The highest BCUT2D eigenvalue weighted by Gasteiger charge is 2.21. The third-order valence-corrected chi connectivity index (χ3v) is 4.85. The number of rotatable bonds is 4. The van der Waals surface area contributed by atoms with Gasteiger partial charge in [0, 0.05) is 0 Å². The molecular formula is C16H19NO3S. The molecule has 0 unspecified atom stereocenters. The second-order valence-electron chi connectivity index (χ2n) is 5.01. The molecule has 1 N–H and O–H groups in total. The van der Waals surface area contributed by atoms with E-state index in [1.54, 1.807) is 24.3 Å². The summed E-state index contributed by atoms with van der Waals surface area (Å²) in [7, 11) is -2.22. The van der Waals surface area contributed by atoms with Crippen LogP contribution in [0.4, 0.5) is 5.69 Å². The van der Waals surface area contributed by atoms with E-state index < -0.39 is 10.0 Å². The molecule has 0 aliphatic heterocycles. The summed E-state index contributed by atoms with van der Waals surface area (Å²) in [5, 5.41) is 0. The first-order chi connectivity index (χ1) is 9.85. The Morgan fingerprint density at radius 2 is 1.57 bits per heavy atom. The van der Waals surface area contributed by atoms with Crippen LogP contribution >= 0.6 is 0 Å². The Morgan fingerprint density at radius 3 is 2.19 bits per heavy atom. The molecule has 0 saturated carbocycles. The first-order valence-corrected chi connectivity index (χ1v) is 8.07. The number of sulfonamides is 1. The second kappa shape index (κ2) is 5.77. The quantitative estimate of drug-likeness (QED) is 0.941. The maximum atomic E-state index is 12.6. The normalized spacial score (nSPS) is 11.2. The predicted octanol–water partition coefficient (Wildman–Crippen LogP) is 3.42. The molecule has 4 nitrogen and oxygen atoms in total. The molecule has 0 heterocycles. The number of aryl methyl sites for hydroxylation is 3. The first kappa shape index (κ1) is 15.4. The van der Waals surface area contributed by atoms with Gasteiger partial charge in [-0.2, -0.15) is 0 Å². The predicted molar refractivity (Wildman–Crippen MR) is 84.5 cm³/mol. The molecule has 2 aromatic rings. The maximum absolute atomic E-state index is 12.6. The molecule has 0 fully saturated rings. The molecule has 0 aromatic heterocycles. The van der Waals surface area contributed by atoms with E-state index in [-0.39, 0.29) is 4.90 Å². The van der Waals surface area contributed by atoms with Gasteiger partial charge in [0.2, 0.25) is 0 Å². The van der Waals surface area contributed by atoms with E-state index >= 15 is 0 Å². The molecule has 2 aromatic carbocycles. The zero-order valence-electron chi connectivity index (χ0n) is 12.6. The van der Waals surface area contributed by atoms with Crippen molar-refractivity contribution in [3.05, 3.63) is 53.1 Å². The topological polar surface area (TPSA) is 55.4 Å². The molecule has 0 aliphatic rings. The minimum atomic E-state index is -3.69. The highest BCUT2D eigenvalue weighted by Crippen LogP contribution is 2.29. The van der Waals surface area contributed by atoms with Crippen LogP contribution in [0, 0.1) is 20.8 Å². The Hall–Kier alpha value is -2.01. The van der Waals surface area contributed by atoms with Gasteiger partial charge in [-0.15, -0.1) is 0 Å². The largest absolute Gasteiger partial charge is 0.495 e. The van der Waals surface area contributed by atoms with E-state index in [2.05, 4.69) is 4.72 Å². The van der Waals surface area contributed by atoms with Crippen molar-refractivity contribution < 1.29 is 13.2 Å². The van der Waals surface area contributed by atoms with E-state index in [1.807, 2.05) is 32.9 Å². The Balaban J connectivity index is 2.50. The minimum absolute atomic E-state index is 0.149. The van der Waals surface area contributed by atoms with Crippen LogP contribution in [-0.4, -0.2) is 15.5 Å². The van der Waals surface area contributed by atoms with Crippen LogP contribution in [-0.2, 0) is 10.0 Å². The van der Waals surface area contributed by atoms with Crippen molar-refractivity contribution in [3.63, 3.8) is 0 Å². The smallest absolute Gasteiger partial charge is 0.265 e. The summed E-state index contributed by atoms with van der Waals surface area (Å²) in [4.78, 5) is 0.149. The fraction of sp³-hybridized carbons (Fsp3) is 0.250. The van der Waals surface area contributed by atoms with E-state index in [0.717, 1.165) is 16.7 Å². The summed E-state index contributed by atoms with van der Waals surface area (Å²) in [5.74, 6) is 0.346. The van der Waals surface area contributed by atoms with Crippen molar-refractivity contribution in [1.29, 1.82) is 0 Å². The van der Waals surface area contributed by atoms with Crippen molar-refractivity contribution in [2.75, 3.05) is 11.8 Å². The second-order valence-corrected chi connectivity index (χ2v) is 6.66. The average Bonchev–Trinajstić information content (AvgIpc) is 2.43. The van der Waals surface area contributed by atoms with Crippen LogP contribution in [0.5, 0.6) is 5.75 Å². The monoisotopic (exact) mass is 305 g/mol. The third kappa shape index (κ3) is 3.19. The average molecular weight is 305 g/mol. The standard InChI is InChI=1S/C16H19NO3S/c1-11-7-5-6-8-14(11)17-21(18,19)16-10-13(3)12(2)9-15(16)20-4/h5-10,17H,1-4H3. The van der Waals surface area contributed by atoms with Gasteiger partial charge in [-0.25, -0.2) is 8.42 Å². The number of para-hydroxylation sites is 1. The lowest BCUT2D eigenvalue weighted by Gasteiger charge is -2.14. The molecule has 112 valence electrons. The molecule has 0 atom stereocenters. The van der Waals surface area contributed by atoms with Crippen molar-refractivity contribution in [2.24, 2.45) is 0 Å². The van der Waals surface area contributed by atoms with Gasteiger partial charge < -0.3 is 4.74 Å². The highest BCUT2D eigenvalue weighted by atomic mass is 32.2. The van der Waals surface area contributed by atoms with Crippen LogP contribution in [0.2, 0.25) is 0 Å². The molecule has 21 heavy (non-hydrogen) atoms. The number of hydrogen-bond donors (Lipinski definition) is 1. The summed E-state index contributed by atoms with van der Waals surface area (Å²) < 4.78 is 33.0. The van der Waals surface area contributed by atoms with E-state index in [0.29, 0.717) is 11.4 Å². The van der Waals surface area contributed by atoms with Gasteiger partial charge in [-0.1, -0.05) is 18.2 Å². The summed E-state index contributed by atoms with van der Waals surface area (Å²) in [6.45, 7) is 5.65. The van der Waals surface area contributed by atoms with Crippen LogP contribution in [0.15, 0.2) is 41.3 Å². The van der Waals surface area contributed by atoms with Gasteiger partial charge in [0.25, 0.3) is 10.0 Å². The van der Waals surface area contributed by atoms with E-state index in [1.165, 1.54) is 7.11 Å². The van der Waals surface area contributed by atoms with Gasteiger partial charge >= 0.3 is 0 Å². The Labute approximate surface area is 125 Å². The zero-order chi connectivity index (χ0) is 15.6. The number of benzene rings is 2. The summed E-state index contributed by atoms with van der Waals surface area (Å²) >= 11 is 0. The van der Waals surface area contributed by atoms with Crippen LogP contribution in [0.3, 0.4) is 0 Å². The number of nitrogens with one attached hydrogen (secondary N) is 1. The lowest BCUT2D eigenvalue weighted by molar-refractivity contribution is 0.402. The lowest BCUT2D eigenvalue weighted by Crippen LogP contribution is -2.15. The lowest BCUT2D eigenvalue weighted by atomic mass is 10.1. The van der Waals surface area contributed by atoms with Crippen molar-refractivity contribution >= 4 is 15.7 Å². The maximum Gasteiger partial charge on any atom is 0.265 e. The molecule has 0 bridgehead atoms. The van der Waals surface area contributed by atoms with Crippen LogP contribution in [0.25, 0.3) is 0 Å². The minimum Gasteiger partial charge on any atom is -0.495 e. The number of methoxy groups -OCH3 is 1. The molecule has 0 amide bonds. The molecule has 2 rings (SSSR count). The Bertz CT molecular complexity index is 767. The van der Waals surface area contributed by atoms with Gasteiger partial charge in [0.1, 0.15) is 10.6 Å². The fourth-order valence-electron chi connectivity index (χ4n) is 2.02. The highest BCUT2D eigenvalue weighted by molar-refractivity contribution is 7.92. The van der Waals surface area contributed by atoms with E-state index in [9.17, 15) is 8.42 Å². The number of anilines is 1. The Kier molecular flexibility index (Phi) is 4.23. The molecule has 5 heteroatoms. The summed E-state index contributed by atoms with van der Waals surface area (Å²) in [6.07, 6.45) is 0. The molecular weight excluding hydrogens is 286 g/mol. The Morgan fingerprint density at radius 1 is 0.952 bits per heavy atom. The number of ether oxygens (including phenoxy) is 1. The fourth-order valence-corrected chi connectivity index (χ4v) is 3.39. The molecule has 0 saturated heterocycles. The number of hydrogen-bond acceptors (Lipinski definition) is 3. The third-order valence-electron chi connectivity index (χ3n) is 3.46. The van der Waals surface area contributed by atoms with Crippen LogP contribution < -0.4 is 9.46 Å². The van der Waals surface area contributed by atoms with Gasteiger partial charge in [0.15, 0.2) is 0 Å². The molecule has 0 radical (unpaired) electrons. The van der Waals surface area contributed by atoms with Gasteiger partial charge in [-0.3, -0.25) is 4.72 Å². The zero-order valence-corrected chi connectivity index (χ0v) is 13.4. The summed E-state index contributed by atoms with van der Waals surface area (Å²) in [5.41, 5.74) is 3.32. The summed E-state index contributed by atoms with van der Waals surface area (Å²) in [6, 6.07) is 10.6.